The lowest BCUT2D eigenvalue weighted by Crippen LogP contribution is -2.50. The van der Waals surface area contributed by atoms with Gasteiger partial charge in [0.2, 0.25) is 0 Å². The van der Waals surface area contributed by atoms with E-state index in [1.165, 1.54) is 11.3 Å². The Hall–Kier alpha value is -1.38. The maximum Gasteiger partial charge on any atom is 0.268 e. The summed E-state index contributed by atoms with van der Waals surface area (Å²) in [7, 11) is 1.63. The molecule has 1 fully saturated rings. The Morgan fingerprint density at radius 2 is 2.38 bits per heavy atom. The second kappa shape index (κ2) is 6.59. The molecular weight excluding hydrogens is 292 g/mol. The molecule has 0 aromatic carbocycles. The normalized spacial score (nSPS) is 17.8. The number of nitrogen functional groups attached to an aromatic ring is 1. The standard InChI is InChI=1S/C13H22N4O3S/c1-13(2)8-17(5-7-20-13)11(18)9-10(14)16-12(21-9)15-4-6-19-3/h4-8,14H2,1-3H3,(H,15,16). The fourth-order valence-corrected chi connectivity index (χ4v) is 3.03. The highest BCUT2D eigenvalue weighted by atomic mass is 32.1. The van der Waals surface area contributed by atoms with Crippen molar-refractivity contribution in [2.75, 3.05) is 51.0 Å². The van der Waals surface area contributed by atoms with Crippen LogP contribution in [0.4, 0.5) is 10.9 Å². The molecule has 0 radical (unpaired) electrons. The van der Waals surface area contributed by atoms with Crippen molar-refractivity contribution in [3.63, 3.8) is 0 Å². The predicted octanol–water partition coefficient (Wildman–Crippen LogP) is 1.03. The van der Waals surface area contributed by atoms with E-state index in [-0.39, 0.29) is 17.3 Å². The molecule has 8 heteroatoms. The van der Waals surface area contributed by atoms with Gasteiger partial charge in [-0.25, -0.2) is 4.98 Å². The number of amides is 1. The van der Waals surface area contributed by atoms with Crippen molar-refractivity contribution in [2.45, 2.75) is 19.4 Å². The van der Waals surface area contributed by atoms with Gasteiger partial charge in [-0.15, -0.1) is 0 Å². The maximum absolute atomic E-state index is 12.6. The van der Waals surface area contributed by atoms with Gasteiger partial charge >= 0.3 is 0 Å². The van der Waals surface area contributed by atoms with Crippen LogP contribution in [-0.2, 0) is 9.47 Å². The first kappa shape index (κ1) is 16.0. The van der Waals surface area contributed by atoms with E-state index in [0.29, 0.717) is 42.9 Å². The van der Waals surface area contributed by atoms with Crippen LogP contribution in [0.3, 0.4) is 0 Å². The number of rotatable bonds is 5. The van der Waals surface area contributed by atoms with Gasteiger partial charge in [-0.05, 0) is 13.8 Å². The highest BCUT2D eigenvalue weighted by Gasteiger charge is 2.32. The average Bonchev–Trinajstić information content (AvgIpc) is 2.78. The highest BCUT2D eigenvalue weighted by molar-refractivity contribution is 7.18. The molecule has 7 nitrogen and oxygen atoms in total. The summed E-state index contributed by atoms with van der Waals surface area (Å²) in [6, 6.07) is 0. The van der Waals surface area contributed by atoms with Gasteiger partial charge in [0.25, 0.3) is 5.91 Å². The summed E-state index contributed by atoms with van der Waals surface area (Å²) in [4.78, 5) is 19.0. The molecule has 21 heavy (non-hydrogen) atoms. The highest BCUT2D eigenvalue weighted by Crippen LogP contribution is 2.28. The smallest absolute Gasteiger partial charge is 0.268 e. The lowest BCUT2D eigenvalue weighted by molar-refractivity contribution is -0.0762. The summed E-state index contributed by atoms with van der Waals surface area (Å²) in [6.45, 7) is 6.81. The number of thiazole rings is 1. The number of methoxy groups -OCH3 is 1. The molecule has 1 aromatic heterocycles. The predicted molar refractivity (Wildman–Crippen MR) is 82.8 cm³/mol. The molecule has 3 N–H and O–H groups in total. The number of hydrogen-bond donors (Lipinski definition) is 2. The Balaban J connectivity index is 2.05. The van der Waals surface area contributed by atoms with E-state index in [2.05, 4.69) is 10.3 Å². The fraction of sp³-hybridized carbons (Fsp3) is 0.692. The van der Waals surface area contributed by atoms with Crippen molar-refractivity contribution in [3.8, 4) is 0 Å². The quantitative estimate of drug-likeness (QED) is 0.789. The number of morpholine rings is 1. The van der Waals surface area contributed by atoms with E-state index in [9.17, 15) is 4.79 Å². The summed E-state index contributed by atoms with van der Waals surface area (Å²) in [5, 5.41) is 3.73. The van der Waals surface area contributed by atoms with Crippen LogP contribution < -0.4 is 11.1 Å². The van der Waals surface area contributed by atoms with Crippen LogP contribution in [0.5, 0.6) is 0 Å². The van der Waals surface area contributed by atoms with E-state index < -0.39 is 0 Å². The zero-order chi connectivity index (χ0) is 15.5. The first-order valence-electron chi connectivity index (χ1n) is 6.85. The first-order valence-corrected chi connectivity index (χ1v) is 7.67. The number of nitrogens with zero attached hydrogens (tertiary/aromatic N) is 2. The molecule has 0 atom stereocenters. The maximum atomic E-state index is 12.6. The molecule has 2 heterocycles. The molecule has 1 aliphatic rings. The third-order valence-corrected chi connectivity index (χ3v) is 4.16. The molecule has 1 aromatic rings. The fourth-order valence-electron chi connectivity index (χ4n) is 2.15. The molecular formula is C13H22N4O3S. The number of carbonyl (C=O) groups is 1. The van der Waals surface area contributed by atoms with E-state index in [1.54, 1.807) is 12.0 Å². The Morgan fingerprint density at radius 1 is 1.62 bits per heavy atom. The van der Waals surface area contributed by atoms with Crippen molar-refractivity contribution in [1.82, 2.24) is 9.88 Å². The Morgan fingerprint density at radius 3 is 3.05 bits per heavy atom. The topological polar surface area (TPSA) is 89.7 Å². The minimum atomic E-state index is -0.326. The van der Waals surface area contributed by atoms with Crippen molar-refractivity contribution < 1.29 is 14.3 Å². The van der Waals surface area contributed by atoms with Crippen LogP contribution in [-0.4, -0.2) is 61.3 Å². The minimum Gasteiger partial charge on any atom is -0.383 e. The molecule has 0 bridgehead atoms. The molecule has 0 spiro atoms. The van der Waals surface area contributed by atoms with Crippen LogP contribution in [0.1, 0.15) is 23.5 Å². The van der Waals surface area contributed by atoms with E-state index in [0.717, 1.165) is 0 Å². The number of hydrogen-bond acceptors (Lipinski definition) is 7. The second-order valence-corrected chi connectivity index (χ2v) is 6.49. The SMILES string of the molecule is COCCNc1nc(N)c(C(=O)N2CCOC(C)(C)C2)s1. The molecule has 0 unspecified atom stereocenters. The number of nitrogens with one attached hydrogen (secondary N) is 1. The Bertz CT molecular complexity index is 504. The van der Waals surface area contributed by atoms with Gasteiger partial charge in [0.05, 0.1) is 18.8 Å². The summed E-state index contributed by atoms with van der Waals surface area (Å²) < 4.78 is 10.6. The summed E-state index contributed by atoms with van der Waals surface area (Å²) in [5.41, 5.74) is 5.54. The third-order valence-electron chi connectivity index (χ3n) is 3.14. The van der Waals surface area contributed by atoms with Gasteiger partial charge in [0.1, 0.15) is 10.7 Å². The molecule has 1 amide bonds. The van der Waals surface area contributed by atoms with Crippen molar-refractivity contribution in [2.24, 2.45) is 0 Å². The zero-order valence-corrected chi connectivity index (χ0v) is 13.5. The molecule has 0 aliphatic carbocycles. The average molecular weight is 314 g/mol. The minimum absolute atomic E-state index is 0.0823. The summed E-state index contributed by atoms with van der Waals surface area (Å²) in [6.07, 6.45) is 0. The van der Waals surface area contributed by atoms with E-state index in [1.807, 2.05) is 13.8 Å². The largest absolute Gasteiger partial charge is 0.383 e. The zero-order valence-electron chi connectivity index (χ0n) is 12.6. The molecule has 118 valence electrons. The van der Waals surface area contributed by atoms with Gasteiger partial charge in [-0.2, -0.15) is 0 Å². The molecule has 0 saturated carbocycles. The van der Waals surface area contributed by atoms with Gasteiger partial charge < -0.3 is 25.4 Å². The van der Waals surface area contributed by atoms with Crippen LogP contribution in [0.2, 0.25) is 0 Å². The second-order valence-electron chi connectivity index (χ2n) is 5.49. The molecule has 1 saturated heterocycles. The number of nitrogens with two attached hydrogens (primary N) is 1. The first-order chi connectivity index (χ1) is 9.93. The lowest BCUT2D eigenvalue weighted by Gasteiger charge is -2.37. The van der Waals surface area contributed by atoms with Crippen LogP contribution in [0.15, 0.2) is 0 Å². The van der Waals surface area contributed by atoms with Crippen molar-refractivity contribution in [3.05, 3.63) is 4.88 Å². The Kier molecular flexibility index (Phi) is 5.02. The third kappa shape index (κ3) is 4.05. The number of carbonyl (C=O) groups excluding carboxylic acids is 1. The lowest BCUT2D eigenvalue weighted by atomic mass is 10.1. The van der Waals surface area contributed by atoms with Gasteiger partial charge in [-0.3, -0.25) is 4.79 Å². The van der Waals surface area contributed by atoms with E-state index >= 15 is 0 Å². The molecule has 2 rings (SSSR count). The van der Waals surface area contributed by atoms with Crippen LogP contribution in [0, 0.1) is 0 Å². The summed E-state index contributed by atoms with van der Waals surface area (Å²) >= 11 is 1.28. The van der Waals surface area contributed by atoms with Gasteiger partial charge in [0.15, 0.2) is 5.13 Å². The molecule has 1 aliphatic heterocycles. The van der Waals surface area contributed by atoms with Crippen molar-refractivity contribution in [1.29, 1.82) is 0 Å². The number of ether oxygens (including phenoxy) is 2. The number of aromatic nitrogens is 1. The van der Waals surface area contributed by atoms with Crippen LogP contribution in [0.25, 0.3) is 0 Å². The van der Waals surface area contributed by atoms with E-state index in [4.69, 9.17) is 15.2 Å². The van der Waals surface area contributed by atoms with Gasteiger partial charge in [0, 0.05) is 26.7 Å². The monoisotopic (exact) mass is 314 g/mol. The Labute approximate surface area is 128 Å². The van der Waals surface area contributed by atoms with Crippen molar-refractivity contribution >= 4 is 28.2 Å². The number of anilines is 2. The summed E-state index contributed by atoms with van der Waals surface area (Å²) in [5.74, 6) is 0.190. The van der Waals surface area contributed by atoms with Crippen LogP contribution >= 0.6 is 11.3 Å². The van der Waals surface area contributed by atoms with Gasteiger partial charge in [-0.1, -0.05) is 11.3 Å².